The van der Waals surface area contributed by atoms with Crippen LogP contribution in [0.1, 0.15) is 50.2 Å². The maximum atomic E-state index is 12.8. The molecule has 1 amide bonds. The van der Waals surface area contributed by atoms with E-state index >= 15 is 0 Å². The van der Waals surface area contributed by atoms with E-state index in [1.807, 2.05) is 29.2 Å². The Balaban J connectivity index is 1.29. The first-order valence-electron chi connectivity index (χ1n) is 11.7. The number of likely N-dealkylation sites (tertiary alicyclic amines) is 1. The number of nitrogens with zero attached hydrogens (tertiary/aromatic N) is 2. The van der Waals surface area contributed by atoms with Crippen LogP contribution in [0, 0.1) is 0 Å². The Kier molecular flexibility index (Phi) is 6.80. The fraction of sp³-hybridized carbons (Fsp3) is 0.393. The minimum Gasteiger partial charge on any atom is -0.388 e. The van der Waals surface area contributed by atoms with Gasteiger partial charge in [0.05, 0.1) is 5.60 Å². The van der Waals surface area contributed by atoms with Crippen LogP contribution >= 0.6 is 0 Å². The quantitative estimate of drug-likeness (QED) is 0.713. The molecule has 0 spiro atoms. The van der Waals surface area contributed by atoms with Crippen LogP contribution in [0.3, 0.4) is 0 Å². The first kappa shape index (κ1) is 22.3. The second kappa shape index (κ2) is 9.74. The topological polar surface area (TPSA) is 43.8 Å². The highest BCUT2D eigenvalue weighted by Gasteiger charge is 2.35. The van der Waals surface area contributed by atoms with Crippen molar-refractivity contribution in [1.29, 1.82) is 0 Å². The Morgan fingerprint density at radius 2 is 1.66 bits per heavy atom. The number of carbonyl (C=O) groups excluding carboxylic acids is 1. The molecule has 4 rings (SSSR count). The maximum absolute atomic E-state index is 12.8. The number of amides is 1. The number of hydrogen-bond donors (Lipinski definition) is 1. The number of rotatable bonds is 6. The van der Waals surface area contributed by atoms with Gasteiger partial charge in [-0.1, -0.05) is 73.7 Å². The van der Waals surface area contributed by atoms with Gasteiger partial charge in [-0.25, -0.2) is 0 Å². The van der Waals surface area contributed by atoms with Crippen molar-refractivity contribution in [3.8, 4) is 0 Å². The van der Waals surface area contributed by atoms with Gasteiger partial charge in [-0.05, 0) is 48.0 Å². The number of carbonyl (C=O) groups is 1. The van der Waals surface area contributed by atoms with E-state index in [2.05, 4.69) is 67.4 Å². The van der Waals surface area contributed by atoms with E-state index in [4.69, 9.17) is 0 Å². The van der Waals surface area contributed by atoms with E-state index in [9.17, 15) is 9.90 Å². The minimum atomic E-state index is -0.753. The molecule has 1 N–H and O–H groups in total. The summed E-state index contributed by atoms with van der Waals surface area (Å²) in [6, 6.07) is 20.6. The Hall–Kier alpha value is -2.85. The molecule has 0 saturated carbocycles. The van der Waals surface area contributed by atoms with Crippen molar-refractivity contribution < 1.29 is 9.90 Å². The molecule has 0 aliphatic carbocycles. The second-order valence-electron chi connectivity index (χ2n) is 9.35. The summed E-state index contributed by atoms with van der Waals surface area (Å²) in [7, 11) is 0. The summed E-state index contributed by atoms with van der Waals surface area (Å²) in [5.41, 5.74) is 4.16. The molecular formula is C28H34N2O2. The van der Waals surface area contributed by atoms with E-state index in [-0.39, 0.29) is 11.8 Å². The van der Waals surface area contributed by atoms with Gasteiger partial charge < -0.3 is 14.9 Å². The molecule has 2 aliphatic heterocycles. The molecular weight excluding hydrogens is 396 g/mol. The van der Waals surface area contributed by atoms with Gasteiger partial charge in [-0.3, -0.25) is 4.79 Å². The van der Waals surface area contributed by atoms with Gasteiger partial charge in [0.1, 0.15) is 0 Å². The molecule has 2 heterocycles. The first-order chi connectivity index (χ1) is 15.4. The van der Waals surface area contributed by atoms with Gasteiger partial charge >= 0.3 is 0 Å². The lowest BCUT2D eigenvalue weighted by Gasteiger charge is -2.41. The van der Waals surface area contributed by atoms with Crippen molar-refractivity contribution in [2.24, 2.45) is 0 Å². The number of allylic oxidation sites excluding steroid dienone is 2. The molecule has 1 atom stereocenters. The van der Waals surface area contributed by atoms with Gasteiger partial charge in [0.2, 0.25) is 5.91 Å². The smallest absolute Gasteiger partial charge is 0.223 e. The van der Waals surface area contributed by atoms with E-state index < -0.39 is 5.60 Å². The molecule has 1 fully saturated rings. The summed E-state index contributed by atoms with van der Waals surface area (Å²) in [6.07, 6.45) is 6.18. The third-order valence-electron chi connectivity index (χ3n) is 6.81. The number of benzene rings is 2. The zero-order chi connectivity index (χ0) is 22.6. The van der Waals surface area contributed by atoms with Gasteiger partial charge in [-0.2, -0.15) is 0 Å². The molecule has 4 nitrogen and oxygen atoms in total. The van der Waals surface area contributed by atoms with Crippen molar-refractivity contribution in [1.82, 2.24) is 9.80 Å². The van der Waals surface area contributed by atoms with Crippen LogP contribution in [0.15, 0.2) is 78.5 Å². The molecule has 4 heteroatoms. The average molecular weight is 431 g/mol. The summed E-state index contributed by atoms with van der Waals surface area (Å²) in [5.74, 6) is 0.393. The average Bonchev–Trinajstić information content (AvgIpc) is 2.80. The molecule has 0 bridgehead atoms. The Morgan fingerprint density at radius 3 is 2.28 bits per heavy atom. The highest BCUT2D eigenvalue weighted by Crippen LogP contribution is 2.30. The predicted octanol–water partition coefficient (Wildman–Crippen LogP) is 4.84. The van der Waals surface area contributed by atoms with Crippen molar-refractivity contribution in [2.75, 3.05) is 26.2 Å². The summed E-state index contributed by atoms with van der Waals surface area (Å²) in [6.45, 7) is 6.88. The van der Waals surface area contributed by atoms with Crippen LogP contribution in [0.25, 0.3) is 5.57 Å². The van der Waals surface area contributed by atoms with Crippen LogP contribution in [-0.4, -0.2) is 52.6 Å². The standard InChI is InChI=1S/C28H34N2O2/c1-22(24-9-5-3-6-10-24)19-27(31)30-17-14-28(32,15-18-30)21-29-16-13-26(23(2)20-29)25-11-7-4-8-12-25/h3-13,20,22,32H,14-19,21H2,1-2H3/t22-/m1/s1. The van der Waals surface area contributed by atoms with Crippen molar-refractivity contribution >= 4 is 11.5 Å². The Bertz CT molecular complexity index is 973. The third kappa shape index (κ3) is 5.31. The number of hydrogen-bond acceptors (Lipinski definition) is 3. The Labute approximate surface area is 191 Å². The van der Waals surface area contributed by atoms with Crippen LogP contribution in [0.2, 0.25) is 0 Å². The lowest BCUT2D eigenvalue weighted by molar-refractivity contribution is -0.136. The van der Waals surface area contributed by atoms with Crippen molar-refractivity contribution in [2.45, 2.75) is 44.6 Å². The zero-order valence-electron chi connectivity index (χ0n) is 19.2. The fourth-order valence-electron chi connectivity index (χ4n) is 4.84. The summed E-state index contributed by atoms with van der Waals surface area (Å²) < 4.78 is 0. The number of piperidine rings is 1. The lowest BCUT2D eigenvalue weighted by atomic mass is 9.89. The number of aliphatic hydroxyl groups is 1. The molecule has 2 aromatic carbocycles. The molecule has 0 aromatic heterocycles. The first-order valence-corrected chi connectivity index (χ1v) is 11.7. The zero-order valence-corrected chi connectivity index (χ0v) is 19.2. The van der Waals surface area contributed by atoms with Crippen LogP contribution in [0.5, 0.6) is 0 Å². The lowest BCUT2D eigenvalue weighted by Crippen LogP contribution is -2.51. The molecule has 2 aromatic rings. The van der Waals surface area contributed by atoms with Crippen LogP contribution in [-0.2, 0) is 4.79 Å². The second-order valence-corrected chi connectivity index (χ2v) is 9.35. The van der Waals surface area contributed by atoms with Crippen molar-refractivity contribution in [3.05, 3.63) is 89.6 Å². The van der Waals surface area contributed by atoms with E-state index in [1.165, 1.54) is 22.3 Å². The van der Waals surface area contributed by atoms with Gasteiger partial charge in [0, 0.05) is 38.8 Å². The normalized spacial score (nSPS) is 19.2. The molecule has 2 aliphatic rings. The molecule has 168 valence electrons. The van der Waals surface area contributed by atoms with Gasteiger partial charge in [0.15, 0.2) is 0 Å². The largest absolute Gasteiger partial charge is 0.388 e. The third-order valence-corrected chi connectivity index (χ3v) is 6.81. The molecule has 1 saturated heterocycles. The summed E-state index contributed by atoms with van der Waals surface area (Å²) in [5, 5.41) is 11.2. The molecule has 32 heavy (non-hydrogen) atoms. The van der Waals surface area contributed by atoms with E-state index in [0.717, 1.165) is 6.54 Å². The highest BCUT2D eigenvalue weighted by atomic mass is 16.3. The molecule has 0 radical (unpaired) electrons. The van der Waals surface area contributed by atoms with Crippen LogP contribution < -0.4 is 0 Å². The van der Waals surface area contributed by atoms with Crippen LogP contribution in [0.4, 0.5) is 0 Å². The summed E-state index contributed by atoms with van der Waals surface area (Å²) in [4.78, 5) is 16.9. The van der Waals surface area contributed by atoms with E-state index in [0.29, 0.717) is 38.9 Å². The van der Waals surface area contributed by atoms with Crippen molar-refractivity contribution in [3.63, 3.8) is 0 Å². The van der Waals surface area contributed by atoms with Gasteiger partial charge in [0.25, 0.3) is 0 Å². The molecule has 0 unspecified atom stereocenters. The maximum Gasteiger partial charge on any atom is 0.223 e. The van der Waals surface area contributed by atoms with Gasteiger partial charge in [-0.15, -0.1) is 0 Å². The monoisotopic (exact) mass is 430 g/mol. The Morgan fingerprint density at radius 1 is 1.03 bits per heavy atom. The highest BCUT2D eigenvalue weighted by molar-refractivity contribution is 5.79. The minimum absolute atomic E-state index is 0.188. The predicted molar refractivity (Wildman–Crippen MR) is 130 cm³/mol. The SMILES string of the molecule is CC1=CN(CC2(O)CCN(C(=O)C[C@@H](C)c3ccccc3)CC2)CC=C1c1ccccc1. The summed E-state index contributed by atoms with van der Waals surface area (Å²) >= 11 is 0. The van der Waals surface area contributed by atoms with E-state index in [1.54, 1.807) is 0 Å². The number of β-amino-alcohol motifs (C(OH)–C–C–N with tert-alkyl or cyclic N) is 1. The fourth-order valence-corrected chi connectivity index (χ4v) is 4.84.